The van der Waals surface area contributed by atoms with E-state index in [-0.39, 0.29) is 23.3 Å². The van der Waals surface area contributed by atoms with E-state index < -0.39 is 5.97 Å². The van der Waals surface area contributed by atoms with Crippen LogP contribution in [0.1, 0.15) is 69.3 Å². The topological polar surface area (TPSA) is 83.4 Å². The molecule has 0 bridgehead atoms. The SMILES string of the molecule is Cc1nc(C(C)C)sc1C(C)N(C)C(=O)c1cccc(C(=O)O)n1. The summed E-state index contributed by atoms with van der Waals surface area (Å²) in [5.41, 5.74) is 0.900. The van der Waals surface area contributed by atoms with Gasteiger partial charge in [0.2, 0.25) is 0 Å². The van der Waals surface area contributed by atoms with Crippen molar-refractivity contribution < 1.29 is 14.7 Å². The van der Waals surface area contributed by atoms with Gasteiger partial charge in [-0.15, -0.1) is 11.3 Å². The highest BCUT2D eigenvalue weighted by Crippen LogP contribution is 2.32. The van der Waals surface area contributed by atoms with Gasteiger partial charge < -0.3 is 10.0 Å². The summed E-state index contributed by atoms with van der Waals surface area (Å²) in [6.45, 7) is 8.05. The molecule has 2 rings (SSSR count). The monoisotopic (exact) mass is 347 g/mol. The van der Waals surface area contributed by atoms with Gasteiger partial charge in [0, 0.05) is 17.8 Å². The van der Waals surface area contributed by atoms with Crippen LogP contribution in [0.25, 0.3) is 0 Å². The van der Waals surface area contributed by atoms with Crippen LogP contribution in [0.3, 0.4) is 0 Å². The second-order valence-corrected chi connectivity index (χ2v) is 7.02. The number of carbonyl (C=O) groups is 2. The predicted molar refractivity (Wildman–Crippen MR) is 92.6 cm³/mol. The largest absolute Gasteiger partial charge is 0.477 e. The molecule has 1 amide bonds. The van der Waals surface area contributed by atoms with E-state index in [0.29, 0.717) is 5.92 Å². The molecule has 0 aliphatic rings. The van der Waals surface area contributed by atoms with E-state index in [1.807, 2.05) is 13.8 Å². The molecule has 0 spiro atoms. The normalized spacial score (nSPS) is 12.2. The van der Waals surface area contributed by atoms with Gasteiger partial charge in [-0.2, -0.15) is 0 Å². The van der Waals surface area contributed by atoms with Crippen molar-refractivity contribution in [1.82, 2.24) is 14.9 Å². The first-order chi connectivity index (χ1) is 11.2. The number of hydrogen-bond acceptors (Lipinski definition) is 5. The Morgan fingerprint density at radius 2 is 1.79 bits per heavy atom. The summed E-state index contributed by atoms with van der Waals surface area (Å²) in [5, 5.41) is 10.1. The minimum Gasteiger partial charge on any atom is -0.477 e. The van der Waals surface area contributed by atoms with Crippen molar-refractivity contribution in [3.8, 4) is 0 Å². The maximum Gasteiger partial charge on any atom is 0.354 e. The molecule has 1 unspecified atom stereocenters. The highest BCUT2D eigenvalue weighted by molar-refractivity contribution is 7.11. The van der Waals surface area contributed by atoms with Crippen molar-refractivity contribution in [1.29, 1.82) is 0 Å². The Morgan fingerprint density at radius 3 is 2.33 bits per heavy atom. The Bertz CT molecular complexity index is 770. The number of carboxylic acids is 1. The number of rotatable bonds is 5. The fourth-order valence-corrected chi connectivity index (χ4v) is 3.44. The lowest BCUT2D eigenvalue weighted by Gasteiger charge is -2.24. The number of nitrogens with zero attached hydrogens (tertiary/aromatic N) is 3. The first-order valence-corrected chi connectivity index (χ1v) is 8.48. The first-order valence-electron chi connectivity index (χ1n) is 7.67. The van der Waals surface area contributed by atoms with Gasteiger partial charge in [0.15, 0.2) is 0 Å². The number of carbonyl (C=O) groups excluding carboxylic acids is 1. The fourth-order valence-electron chi connectivity index (χ4n) is 2.27. The fraction of sp³-hybridized carbons (Fsp3) is 0.412. The molecule has 24 heavy (non-hydrogen) atoms. The highest BCUT2D eigenvalue weighted by Gasteiger charge is 2.24. The zero-order chi connectivity index (χ0) is 18.0. The molecule has 2 heterocycles. The van der Waals surface area contributed by atoms with Gasteiger partial charge in [-0.1, -0.05) is 19.9 Å². The summed E-state index contributed by atoms with van der Waals surface area (Å²) >= 11 is 1.61. The second-order valence-electron chi connectivity index (χ2n) is 5.96. The van der Waals surface area contributed by atoms with Crippen LogP contribution >= 0.6 is 11.3 Å². The molecular weight excluding hydrogens is 326 g/mol. The maximum atomic E-state index is 12.6. The predicted octanol–water partition coefficient (Wildman–Crippen LogP) is 3.50. The zero-order valence-electron chi connectivity index (χ0n) is 14.4. The van der Waals surface area contributed by atoms with Crippen LogP contribution in [0, 0.1) is 6.92 Å². The third-order valence-corrected chi connectivity index (χ3v) is 5.44. The van der Waals surface area contributed by atoms with Crippen molar-refractivity contribution in [2.24, 2.45) is 0 Å². The number of hydrogen-bond donors (Lipinski definition) is 1. The van der Waals surface area contributed by atoms with Crippen LogP contribution < -0.4 is 0 Å². The van der Waals surface area contributed by atoms with Gasteiger partial charge in [0.1, 0.15) is 11.4 Å². The van der Waals surface area contributed by atoms with Crippen molar-refractivity contribution >= 4 is 23.2 Å². The molecule has 7 heteroatoms. The first kappa shape index (κ1) is 18.1. The zero-order valence-corrected chi connectivity index (χ0v) is 15.2. The summed E-state index contributed by atoms with van der Waals surface area (Å²) < 4.78 is 0. The van der Waals surface area contributed by atoms with E-state index in [9.17, 15) is 9.59 Å². The smallest absolute Gasteiger partial charge is 0.354 e. The van der Waals surface area contributed by atoms with Crippen LogP contribution in [-0.2, 0) is 0 Å². The second kappa shape index (κ2) is 7.09. The van der Waals surface area contributed by atoms with Gasteiger partial charge in [-0.25, -0.2) is 14.8 Å². The minimum absolute atomic E-state index is 0.121. The average Bonchev–Trinajstić information content (AvgIpc) is 2.95. The van der Waals surface area contributed by atoms with Gasteiger partial charge in [0.05, 0.1) is 16.7 Å². The van der Waals surface area contributed by atoms with Gasteiger partial charge in [-0.3, -0.25) is 4.79 Å². The van der Waals surface area contributed by atoms with E-state index >= 15 is 0 Å². The number of pyridine rings is 1. The molecule has 128 valence electrons. The standard InChI is InChI=1S/C17H21N3O3S/c1-9(2)15-18-10(3)14(24-15)11(4)20(5)16(21)12-7-6-8-13(19-12)17(22)23/h6-9,11H,1-5H3,(H,22,23). The summed E-state index contributed by atoms with van der Waals surface area (Å²) in [5.74, 6) is -1.13. The summed E-state index contributed by atoms with van der Waals surface area (Å²) in [7, 11) is 1.69. The number of aromatic carboxylic acids is 1. The molecule has 0 saturated carbocycles. The summed E-state index contributed by atoms with van der Waals surface area (Å²) in [6.07, 6.45) is 0. The lowest BCUT2D eigenvalue weighted by atomic mass is 10.2. The van der Waals surface area contributed by atoms with Gasteiger partial charge in [-0.05, 0) is 26.0 Å². The summed E-state index contributed by atoms with van der Waals surface area (Å²) in [4.78, 5) is 34.8. The Kier molecular flexibility index (Phi) is 5.33. The lowest BCUT2D eigenvalue weighted by Crippen LogP contribution is -2.30. The lowest BCUT2D eigenvalue weighted by molar-refractivity contribution is 0.0689. The van der Waals surface area contributed by atoms with Gasteiger partial charge >= 0.3 is 5.97 Å². The van der Waals surface area contributed by atoms with Crippen LogP contribution in [0.15, 0.2) is 18.2 Å². The quantitative estimate of drug-likeness (QED) is 0.895. The van der Waals surface area contributed by atoms with Crippen molar-refractivity contribution in [2.75, 3.05) is 7.05 Å². The average molecular weight is 347 g/mol. The molecule has 2 aromatic heterocycles. The van der Waals surface area contributed by atoms with E-state index in [4.69, 9.17) is 5.11 Å². The molecule has 0 fully saturated rings. The molecule has 1 atom stereocenters. The van der Waals surface area contributed by atoms with Crippen LogP contribution in [0.5, 0.6) is 0 Å². The molecule has 0 saturated heterocycles. The number of amides is 1. The molecule has 2 aromatic rings. The Morgan fingerprint density at radius 1 is 1.17 bits per heavy atom. The van der Waals surface area contributed by atoms with Crippen LogP contribution in [-0.4, -0.2) is 38.9 Å². The number of carboxylic acid groups (broad SMARTS) is 1. The number of thiazole rings is 1. The molecule has 0 aliphatic carbocycles. The molecule has 0 aliphatic heterocycles. The number of aryl methyl sites for hydroxylation is 1. The van der Waals surface area contributed by atoms with Crippen LogP contribution in [0.4, 0.5) is 0 Å². The molecule has 6 nitrogen and oxygen atoms in total. The highest BCUT2D eigenvalue weighted by atomic mass is 32.1. The van der Waals surface area contributed by atoms with E-state index in [1.165, 1.54) is 18.2 Å². The Balaban J connectivity index is 2.27. The third-order valence-electron chi connectivity index (χ3n) is 3.81. The Labute approximate surface area is 145 Å². The molecule has 0 aromatic carbocycles. The molecule has 1 N–H and O–H groups in total. The van der Waals surface area contributed by atoms with Crippen LogP contribution in [0.2, 0.25) is 0 Å². The third kappa shape index (κ3) is 3.62. The Hall–Kier alpha value is -2.28. The number of aromatic nitrogens is 2. The van der Waals surface area contributed by atoms with E-state index in [1.54, 1.807) is 23.3 Å². The summed E-state index contributed by atoms with van der Waals surface area (Å²) in [6, 6.07) is 4.25. The minimum atomic E-state index is -1.15. The maximum absolute atomic E-state index is 12.6. The molecule has 0 radical (unpaired) electrons. The van der Waals surface area contributed by atoms with Crippen molar-refractivity contribution in [3.63, 3.8) is 0 Å². The molecular formula is C17H21N3O3S. The van der Waals surface area contributed by atoms with Crippen molar-refractivity contribution in [3.05, 3.63) is 45.2 Å². The van der Waals surface area contributed by atoms with Crippen molar-refractivity contribution in [2.45, 2.75) is 39.7 Å². The van der Waals surface area contributed by atoms with E-state index in [0.717, 1.165) is 15.6 Å². The van der Waals surface area contributed by atoms with E-state index in [2.05, 4.69) is 23.8 Å². The van der Waals surface area contributed by atoms with Gasteiger partial charge in [0.25, 0.3) is 5.91 Å².